The largest absolute Gasteiger partial charge is 0.494 e. The summed E-state index contributed by atoms with van der Waals surface area (Å²) in [6.45, 7) is 13.3. The number of unbranched alkanes of at least 4 members (excludes halogenated alkanes) is 2. The van der Waals surface area contributed by atoms with Gasteiger partial charge in [-0.15, -0.1) is 0 Å². The van der Waals surface area contributed by atoms with Crippen molar-refractivity contribution in [3.63, 3.8) is 0 Å². The molecule has 1 aromatic heterocycles. The summed E-state index contributed by atoms with van der Waals surface area (Å²) in [5.74, 6) is -0.172. The molecule has 318 valence electrons. The lowest BCUT2D eigenvalue weighted by atomic mass is 9.76. The number of hydrogen-bond donors (Lipinski definition) is 2. The third kappa shape index (κ3) is 10.3. The van der Waals surface area contributed by atoms with E-state index in [2.05, 4.69) is 45.3 Å². The molecule has 3 aromatic rings. The third-order valence-electron chi connectivity index (χ3n) is 11.9. The Kier molecular flexibility index (Phi) is 14.5. The van der Waals surface area contributed by atoms with Crippen LogP contribution in [-0.2, 0) is 20.8 Å². The summed E-state index contributed by atoms with van der Waals surface area (Å²) in [7, 11) is 0. The van der Waals surface area contributed by atoms with Crippen molar-refractivity contribution in [2.75, 3.05) is 44.2 Å². The molecule has 0 saturated carbocycles. The Hall–Kier alpha value is -5.52. The number of hydrogen-bond acceptors (Lipinski definition) is 11. The van der Waals surface area contributed by atoms with Crippen LogP contribution in [0.1, 0.15) is 104 Å². The zero-order valence-corrected chi connectivity index (χ0v) is 35.6. The van der Waals surface area contributed by atoms with Crippen LogP contribution < -0.4 is 25.0 Å². The molecule has 0 bridgehead atoms. The molecule has 4 heterocycles. The van der Waals surface area contributed by atoms with Gasteiger partial charge in [-0.05, 0) is 93.1 Å². The van der Waals surface area contributed by atoms with Crippen molar-refractivity contribution in [2.45, 2.75) is 97.2 Å². The van der Waals surface area contributed by atoms with Crippen molar-refractivity contribution in [3.8, 4) is 17.6 Å². The van der Waals surface area contributed by atoms with Crippen molar-refractivity contribution in [2.24, 2.45) is 5.41 Å². The van der Waals surface area contributed by atoms with Gasteiger partial charge < -0.3 is 19.7 Å². The third-order valence-corrected chi connectivity index (χ3v) is 12.2. The monoisotopic (exact) mass is 839 g/mol. The average Bonchev–Trinajstić information content (AvgIpc) is 3.23. The zero-order valence-electron chi connectivity index (χ0n) is 34.8. The second kappa shape index (κ2) is 19.7. The van der Waals surface area contributed by atoms with Crippen LogP contribution in [0.3, 0.4) is 0 Å². The number of piperazine rings is 1. The zero-order chi connectivity index (χ0) is 43.0. The molecule has 2 aromatic carbocycles. The number of carbonyl (C=O) groups excluding carboxylic acids is 5. The van der Waals surface area contributed by atoms with Crippen molar-refractivity contribution < 1.29 is 33.4 Å². The van der Waals surface area contributed by atoms with Gasteiger partial charge in [0.2, 0.25) is 17.7 Å². The number of rotatable bonds is 17. The van der Waals surface area contributed by atoms with Crippen molar-refractivity contribution in [1.82, 2.24) is 25.4 Å². The number of benzene rings is 2. The molecule has 60 heavy (non-hydrogen) atoms. The number of halogens is 1. The van der Waals surface area contributed by atoms with Gasteiger partial charge in [0.1, 0.15) is 35.5 Å². The van der Waals surface area contributed by atoms with E-state index in [1.165, 1.54) is 0 Å². The first-order valence-corrected chi connectivity index (χ1v) is 21.3. The van der Waals surface area contributed by atoms with Crippen molar-refractivity contribution >= 4 is 47.0 Å². The second-order valence-corrected chi connectivity index (χ2v) is 16.6. The van der Waals surface area contributed by atoms with Gasteiger partial charge in [0.15, 0.2) is 0 Å². The summed E-state index contributed by atoms with van der Waals surface area (Å²) in [6.07, 6.45) is 5.91. The molecular formula is C45H54ClN7O7. The molecule has 5 amide bonds. The van der Waals surface area contributed by atoms with Crippen LogP contribution in [0.25, 0.3) is 0 Å². The molecule has 2 fully saturated rings. The highest BCUT2D eigenvalue weighted by Gasteiger charge is 2.42. The number of piperidine rings is 1. The van der Waals surface area contributed by atoms with Gasteiger partial charge in [-0.2, -0.15) is 5.26 Å². The highest BCUT2D eigenvalue weighted by Crippen LogP contribution is 2.34. The number of nitriles is 1. The van der Waals surface area contributed by atoms with E-state index in [9.17, 15) is 29.2 Å². The lowest BCUT2D eigenvalue weighted by Gasteiger charge is -2.40. The fourth-order valence-electron chi connectivity index (χ4n) is 8.33. The fraction of sp³-hybridized carbons (Fsp3) is 0.489. The topological polar surface area (TPSA) is 174 Å². The van der Waals surface area contributed by atoms with E-state index < -0.39 is 35.1 Å². The van der Waals surface area contributed by atoms with Crippen LogP contribution >= 0.6 is 11.6 Å². The van der Waals surface area contributed by atoms with E-state index in [1.807, 2.05) is 26.0 Å². The minimum atomic E-state index is -0.975. The molecule has 3 aliphatic heterocycles. The summed E-state index contributed by atoms with van der Waals surface area (Å²) in [5, 5.41) is 15.0. The quantitative estimate of drug-likeness (QED) is 0.126. The molecule has 3 atom stereocenters. The van der Waals surface area contributed by atoms with E-state index in [1.54, 1.807) is 42.6 Å². The number of nitrogens with one attached hydrogen (secondary N) is 2. The van der Waals surface area contributed by atoms with E-state index in [4.69, 9.17) is 21.1 Å². The Labute approximate surface area is 356 Å². The number of anilines is 1. The Morgan fingerprint density at radius 3 is 2.43 bits per heavy atom. The Bertz CT molecular complexity index is 2110. The fourth-order valence-corrected chi connectivity index (χ4v) is 8.54. The molecule has 6 rings (SSSR count). The van der Waals surface area contributed by atoms with E-state index in [0.717, 1.165) is 62.7 Å². The number of amides is 5. The molecule has 0 radical (unpaired) electrons. The molecule has 2 N–H and O–H groups in total. The molecule has 2 saturated heterocycles. The van der Waals surface area contributed by atoms with Gasteiger partial charge in [0, 0.05) is 61.9 Å². The maximum absolute atomic E-state index is 13.4. The maximum Gasteiger partial charge on any atom is 0.261 e. The molecular weight excluding hydrogens is 786 g/mol. The number of fused-ring (bicyclic) bond motifs is 1. The number of imide groups is 2. The number of carbonyl (C=O) groups is 5. The van der Waals surface area contributed by atoms with Crippen molar-refractivity contribution in [1.29, 1.82) is 5.26 Å². The highest BCUT2D eigenvalue weighted by molar-refractivity contribution is 6.31. The number of pyridine rings is 1. The van der Waals surface area contributed by atoms with Gasteiger partial charge in [0.25, 0.3) is 11.8 Å². The Morgan fingerprint density at radius 1 is 1.00 bits per heavy atom. The Morgan fingerprint density at radius 2 is 1.77 bits per heavy atom. The minimum absolute atomic E-state index is 0.0165. The summed E-state index contributed by atoms with van der Waals surface area (Å²) in [5.41, 5.74) is 1.40. The van der Waals surface area contributed by atoms with E-state index >= 15 is 0 Å². The number of ether oxygens (including phenoxy) is 2. The van der Waals surface area contributed by atoms with Crippen LogP contribution in [-0.4, -0.2) is 102 Å². The first-order chi connectivity index (χ1) is 28.8. The lowest BCUT2D eigenvalue weighted by Crippen LogP contribution is -2.57. The maximum atomic E-state index is 13.4. The molecule has 14 nitrogen and oxygen atoms in total. The molecule has 1 unspecified atom stereocenters. The van der Waals surface area contributed by atoms with E-state index in [-0.39, 0.29) is 37.3 Å². The lowest BCUT2D eigenvalue weighted by molar-refractivity contribution is -0.143. The average molecular weight is 840 g/mol. The van der Waals surface area contributed by atoms with Crippen LogP contribution in [0.15, 0.2) is 54.7 Å². The molecule has 0 aliphatic carbocycles. The van der Waals surface area contributed by atoms with Gasteiger partial charge in [0.05, 0.1) is 29.2 Å². The number of nitrogens with zero attached hydrogens (tertiary/aromatic N) is 5. The molecule has 0 spiro atoms. The van der Waals surface area contributed by atoms with Crippen LogP contribution in [0.5, 0.6) is 11.5 Å². The van der Waals surface area contributed by atoms with E-state index in [0.29, 0.717) is 58.2 Å². The standard InChI is InChI=1S/C45H54ClN7O7/c1-5-37(45(3,4)38(6-2)60-33-12-10-29(27-47)35(46)26-33)49-42(56)30-11-16-39(48-28-30)52-21-19-51(20-22-52)18-8-7-9-23-59-32-13-14-34-31(24-32)25-41(55)53(44(34)58)36-15-17-40(54)50-43(36)57/h10-14,16,24,26,28,36-38H,5-9,15,17-23,25H2,1-4H3,(H,49,56)(H,50,54,57)/t36?,37-,38-/m1/s1. The summed E-state index contributed by atoms with van der Waals surface area (Å²) >= 11 is 6.25. The summed E-state index contributed by atoms with van der Waals surface area (Å²) in [4.78, 5) is 73.7. The second-order valence-electron chi connectivity index (χ2n) is 16.2. The van der Waals surface area contributed by atoms with Crippen LogP contribution in [0, 0.1) is 16.7 Å². The normalized spacial score (nSPS) is 18.3. The molecule has 3 aliphatic rings. The van der Waals surface area contributed by atoms with Gasteiger partial charge in [-0.3, -0.25) is 39.1 Å². The SMILES string of the molecule is CC[C@@H](NC(=O)c1ccc(N2CCN(CCCCCOc3ccc4c(c3)CC(=O)N(C3CCC(=O)NC3=O)C4=O)CC2)nc1)C(C)(C)[C@@H](CC)Oc1ccc(C#N)c(Cl)c1. The molecule has 15 heteroatoms. The minimum Gasteiger partial charge on any atom is -0.494 e. The first kappa shape index (κ1) is 44.0. The summed E-state index contributed by atoms with van der Waals surface area (Å²) in [6, 6.07) is 14.8. The van der Waals surface area contributed by atoms with Crippen LogP contribution in [0.2, 0.25) is 5.02 Å². The number of aromatic nitrogens is 1. The van der Waals surface area contributed by atoms with Gasteiger partial charge >= 0.3 is 0 Å². The van der Waals surface area contributed by atoms with Crippen LogP contribution in [0.4, 0.5) is 5.82 Å². The smallest absolute Gasteiger partial charge is 0.261 e. The predicted molar refractivity (Wildman–Crippen MR) is 226 cm³/mol. The highest BCUT2D eigenvalue weighted by atomic mass is 35.5. The summed E-state index contributed by atoms with van der Waals surface area (Å²) < 4.78 is 12.3. The Balaban J connectivity index is 0.896. The predicted octanol–water partition coefficient (Wildman–Crippen LogP) is 5.70. The first-order valence-electron chi connectivity index (χ1n) is 20.9. The van der Waals surface area contributed by atoms with Gasteiger partial charge in [-0.25, -0.2) is 4.98 Å². The van der Waals surface area contributed by atoms with Crippen molar-refractivity contribution in [3.05, 3.63) is 82.0 Å². The van der Waals surface area contributed by atoms with Gasteiger partial charge in [-0.1, -0.05) is 39.3 Å².